The zero-order valence-electron chi connectivity index (χ0n) is 19.5. The predicted molar refractivity (Wildman–Crippen MR) is 136 cm³/mol. The number of hydrogen-bond donors (Lipinski definition) is 1. The standard InChI is InChI=1S/C27H30ClN3O2/c1-5-26(32)31(19(2)20-11-7-6-8-12-20)18-21-17-22(15-16-25(21)30(3)4)29-27(33)23-13-9-10-14-24(23)28/h6-17,19H,5,18H2,1-4H3,(H,29,33)/t19-/m1/s1. The molecule has 2 amide bonds. The summed E-state index contributed by atoms with van der Waals surface area (Å²) >= 11 is 6.18. The van der Waals surface area contributed by atoms with Crippen molar-refractivity contribution in [2.24, 2.45) is 0 Å². The van der Waals surface area contributed by atoms with E-state index < -0.39 is 0 Å². The Morgan fingerprint density at radius 2 is 1.64 bits per heavy atom. The van der Waals surface area contributed by atoms with Gasteiger partial charge in [0, 0.05) is 38.4 Å². The van der Waals surface area contributed by atoms with E-state index in [0.29, 0.717) is 29.2 Å². The fourth-order valence-electron chi connectivity index (χ4n) is 3.81. The molecule has 0 heterocycles. The summed E-state index contributed by atoms with van der Waals surface area (Å²) in [6.45, 7) is 4.34. The van der Waals surface area contributed by atoms with Crippen molar-refractivity contribution >= 4 is 34.8 Å². The van der Waals surface area contributed by atoms with Gasteiger partial charge >= 0.3 is 0 Å². The maximum Gasteiger partial charge on any atom is 0.257 e. The summed E-state index contributed by atoms with van der Waals surface area (Å²) in [6.07, 6.45) is 0.414. The minimum atomic E-state index is -0.275. The third-order valence-electron chi connectivity index (χ3n) is 5.65. The summed E-state index contributed by atoms with van der Waals surface area (Å²) in [5, 5.41) is 3.34. The second-order valence-electron chi connectivity index (χ2n) is 8.13. The molecule has 1 N–H and O–H groups in total. The highest BCUT2D eigenvalue weighted by Crippen LogP contribution is 2.29. The van der Waals surface area contributed by atoms with Crippen LogP contribution in [-0.4, -0.2) is 30.8 Å². The Labute approximate surface area is 201 Å². The molecule has 5 nitrogen and oxygen atoms in total. The summed E-state index contributed by atoms with van der Waals surface area (Å²) in [6, 6.07) is 22.6. The van der Waals surface area contributed by atoms with E-state index in [1.807, 2.05) is 86.3 Å². The molecule has 0 aromatic heterocycles. The molecule has 0 bridgehead atoms. The van der Waals surface area contributed by atoms with Gasteiger partial charge in [-0.1, -0.05) is 61.0 Å². The first-order valence-corrected chi connectivity index (χ1v) is 11.4. The van der Waals surface area contributed by atoms with Gasteiger partial charge in [0.2, 0.25) is 5.91 Å². The van der Waals surface area contributed by atoms with Gasteiger partial charge in [-0.05, 0) is 48.4 Å². The van der Waals surface area contributed by atoms with Crippen molar-refractivity contribution in [3.8, 4) is 0 Å². The van der Waals surface area contributed by atoms with Crippen molar-refractivity contribution in [2.75, 3.05) is 24.3 Å². The Kier molecular flexibility index (Phi) is 8.12. The number of amides is 2. The number of anilines is 2. The summed E-state index contributed by atoms with van der Waals surface area (Å²) in [5.41, 5.74) is 4.07. The van der Waals surface area contributed by atoms with Gasteiger partial charge in [0.1, 0.15) is 0 Å². The molecule has 0 aliphatic carbocycles. The highest BCUT2D eigenvalue weighted by molar-refractivity contribution is 6.34. The lowest BCUT2D eigenvalue weighted by Crippen LogP contribution is -2.33. The molecule has 0 aliphatic heterocycles. The van der Waals surface area contributed by atoms with Gasteiger partial charge in [-0.25, -0.2) is 0 Å². The van der Waals surface area contributed by atoms with E-state index in [1.165, 1.54) is 0 Å². The van der Waals surface area contributed by atoms with E-state index in [1.54, 1.807) is 24.3 Å². The minimum Gasteiger partial charge on any atom is -0.377 e. The van der Waals surface area contributed by atoms with Gasteiger partial charge in [0.25, 0.3) is 5.91 Å². The van der Waals surface area contributed by atoms with Crippen molar-refractivity contribution in [1.29, 1.82) is 0 Å². The van der Waals surface area contributed by atoms with Crippen LogP contribution in [0.1, 0.15) is 47.8 Å². The number of benzene rings is 3. The molecule has 172 valence electrons. The molecule has 0 aliphatic rings. The van der Waals surface area contributed by atoms with Crippen molar-refractivity contribution in [1.82, 2.24) is 4.90 Å². The molecule has 6 heteroatoms. The molecule has 0 saturated carbocycles. The first-order chi connectivity index (χ1) is 15.8. The lowest BCUT2D eigenvalue weighted by atomic mass is 10.0. The second kappa shape index (κ2) is 11.0. The van der Waals surface area contributed by atoms with Crippen LogP contribution >= 0.6 is 11.6 Å². The van der Waals surface area contributed by atoms with Crippen LogP contribution in [0.25, 0.3) is 0 Å². The van der Waals surface area contributed by atoms with E-state index in [0.717, 1.165) is 16.8 Å². The maximum absolute atomic E-state index is 12.9. The summed E-state index contributed by atoms with van der Waals surface area (Å²) < 4.78 is 0. The number of nitrogens with one attached hydrogen (secondary N) is 1. The van der Waals surface area contributed by atoms with Crippen molar-refractivity contribution in [3.63, 3.8) is 0 Å². The summed E-state index contributed by atoms with van der Waals surface area (Å²) in [7, 11) is 3.93. The van der Waals surface area contributed by atoms with Crippen LogP contribution in [0.2, 0.25) is 5.02 Å². The van der Waals surface area contributed by atoms with Crippen LogP contribution in [0.15, 0.2) is 72.8 Å². The van der Waals surface area contributed by atoms with Gasteiger partial charge in [0.15, 0.2) is 0 Å². The number of nitrogens with zero attached hydrogens (tertiary/aromatic N) is 2. The van der Waals surface area contributed by atoms with Crippen LogP contribution in [-0.2, 0) is 11.3 Å². The van der Waals surface area contributed by atoms with Gasteiger partial charge in [-0.2, -0.15) is 0 Å². The molecular formula is C27H30ClN3O2. The molecule has 33 heavy (non-hydrogen) atoms. The molecule has 0 fully saturated rings. The largest absolute Gasteiger partial charge is 0.377 e. The quantitative estimate of drug-likeness (QED) is 0.435. The van der Waals surface area contributed by atoms with Crippen molar-refractivity contribution in [3.05, 3.63) is 94.5 Å². The van der Waals surface area contributed by atoms with Crippen LogP contribution in [0.5, 0.6) is 0 Å². The average molecular weight is 464 g/mol. The van der Waals surface area contributed by atoms with Gasteiger partial charge < -0.3 is 15.1 Å². The maximum atomic E-state index is 12.9. The average Bonchev–Trinajstić information content (AvgIpc) is 2.82. The third kappa shape index (κ3) is 5.93. The second-order valence-corrected chi connectivity index (χ2v) is 8.54. The van der Waals surface area contributed by atoms with E-state index in [4.69, 9.17) is 11.6 Å². The fraction of sp³-hybridized carbons (Fsp3) is 0.259. The Morgan fingerprint density at radius 3 is 2.27 bits per heavy atom. The Balaban J connectivity index is 1.93. The van der Waals surface area contributed by atoms with Crippen molar-refractivity contribution in [2.45, 2.75) is 32.9 Å². The van der Waals surface area contributed by atoms with Crippen molar-refractivity contribution < 1.29 is 9.59 Å². The van der Waals surface area contributed by atoms with Gasteiger partial charge in [0.05, 0.1) is 16.6 Å². The number of rotatable bonds is 8. The normalized spacial score (nSPS) is 11.5. The number of carbonyl (C=O) groups excluding carboxylic acids is 2. The lowest BCUT2D eigenvalue weighted by molar-refractivity contribution is -0.133. The third-order valence-corrected chi connectivity index (χ3v) is 5.98. The molecule has 0 saturated heterocycles. The summed E-state index contributed by atoms with van der Waals surface area (Å²) in [4.78, 5) is 29.6. The monoisotopic (exact) mass is 463 g/mol. The van der Waals surface area contributed by atoms with Crippen LogP contribution in [0.4, 0.5) is 11.4 Å². The zero-order chi connectivity index (χ0) is 24.0. The number of hydrogen-bond acceptors (Lipinski definition) is 3. The number of halogens is 1. The first kappa shape index (κ1) is 24.3. The first-order valence-electron chi connectivity index (χ1n) is 11.0. The molecule has 0 unspecified atom stereocenters. The van der Waals surface area contributed by atoms with Crippen LogP contribution in [0, 0.1) is 0 Å². The predicted octanol–water partition coefficient (Wildman–Crippen LogP) is 6.16. The van der Waals surface area contributed by atoms with E-state index in [2.05, 4.69) is 5.32 Å². The topological polar surface area (TPSA) is 52.7 Å². The smallest absolute Gasteiger partial charge is 0.257 e. The van der Waals surface area contributed by atoms with Crippen LogP contribution in [0.3, 0.4) is 0 Å². The van der Waals surface area contributed by atoms with E-state index in [9.17, 15) is 9.59 Å². The van der Waals surface area contributed by atoms with Crippen LogP contribution < -0.4 is 10.2 Å². The Hall–Kier alpha value is -3.31. The fourth-order valence-corrected chi connectivity index (χ4v) is 4.03. The molecule has 0 spiro atoms. The van der Waals surface area contributed by atoms with Gasteiger partial charge in [-0.15, -0.1) is 0 Å². The molecule has 1 atom stereocenters. The lowest BCUT2D eigenvalue weighted by Gasteiger charge is -2.31. The highest BCUT2D eigenvalue weighted by Gasteiger charge is 2.22. The molecule has 3 rings (SSSR count). The number of carbonyl (C=O) groups is 2. The summed E-state index contributed by atoms with van der Waals surface area (Å²) in [5.74, 6) is -0.204. The SMILES string of the molecule is CCC(=O)N(Cc1cc(NC(=O)c2ccccc2Cl)ccc1N(C)C)[C@H](C)c1ccccc1. The Bertz CT molecular complexity index is 1120. The molecular weight excluding hydrogens is 434 g/mol. The Morgan fingerprint density at radius 1 is 0.970 bits per heavy atom. The van der Waals surface area contributed by atoms with Gasteiger partial charge in [-0.3, -0.25) is 9.59 Å². The highest BCUT2D eigenvalue weighted by atomic mass is 35.5. The van der Waals surface area contributed by atoms with E-state index in [-0.39, 0.29) is 17.9 Å². The minimum absolute atomic E-state index is 0.0709. The molecule has 3 aromatic carbocycles. The molecule has 3 aromatic rings. The molecule has 0 radical (unpaired) electrons. The zero-order valence-corrected chi connectivity index (χ0v) is 20.3. The van der Waals surface area contributed by atoms with E-state index >= 15 is 0 Å².